The Morgan fingerprint density at radius 2 is 2.04 bits per heavy atom. The van der Waals surface area contributed by atoms with E-state index in [1.807, 2.05) is 30.3 Å². The maximum absolute atomic E-state index is 13.7. The topological polar surface area (TPSA) is 64.3 Å². The van der Waals surface area contributed by atoms with Crippen LogP contribution in [0.4, 0.5) is 14.9 Å². The molecule has 0 aromatic heterocycles. The molecular formula is C19H19FN2O2. The van der Waals surface area contributed by atoms with Gasteiger partial charge in [0.2, 0.25) is 0 Å². The number of alkyl carbamates (subject to hydrolysis) is 1. The largest absolute Gasteiger partial charge is 0.445 e. The van der Waals surface area contributed by atoms with Gasteiger partial charge in [0, 0.05) is 18.7 Å². The summed E-state index contributed by atoms with van der Waals surface area (Å²) in [5, 5.41) is 2.60. The van der Waals surface area contributed by atoms with Gasteiger partial charge in [-0.15, -0.1) is 0 Å². The highest BCUT2D eigenvalue weighted by Crippen LogP contribution is 2.16. The lowest BCUT2D eigenvalue weighted by Gasteiger charge is -2.05. The number of ether oxygens (including phenoxy) is 1. The number of halogens is 1. The molecular weight excluding hydrogens is 307 g/mol. The Hall–Kier alpha value is -3.00. The second kappa shape index (κ2) is 8.59. The fourth-order valence-electron chi connectivity index (χ4n) is 1.95. The van der Waals surface area contributed by atoms with Crippen molar-refractivity contribution in [3.63, 3.8) is 0 Å². The number of carbonyl (C=O) groups is 1. The molecule has 0 atom stereocenters. The molecule has 0 bridgehead atoms. The number of carbonyl (C=O) groups excluding carboxylic acids is 1. The number of hydrogen-bond donors (Lipinski definition) is 2. The monoisotopic (exact) mass is 326 g/mol. The lowest BCUT2D eigenvalue weighted by Crippen LogP contribution is -2.24. The van der Waals surface area contributed by atoms with Gasteiger partial charge in [-0.2, -0.15) is 0 Å². The van der Waals surface area contributed by atoms with Crippen molar-refractivity contribution < 1.29 is 13.9 Å². The van der Waals surface area contributed by atoms with E-state index in [0.29, 0.717) is 24.2 Å². The van der Waals surface area contributed by atoms with Gasteiger partial charge in [0.05, 0.1) is 5.56 Å². The quantitative estimate of drug-likeness (QED) is 0.514. The summed E-state index contributed by atoms with van der Waals surface area (Å²) in [7, 11) is 0. The molecule has 0 saturated heterocycles. The van der Waals surface area contributed by atoms with Crippen LogP contribution in [-0.2, 0) is 11.3 Å². The highest BCUT2D eigenvalue weighted by Gasteiger charge is 2.03. The van der Waals surface area contributed by atoms with E-state index in [4.69, 9.17) is 10.5 Å². The van der Waals surface area contributed by atoms with Gasteiger partial charge in [0.15, 0.2) is 0 Å². The predicted molar refractivity (Wildman–Crippen MR) is 91.7 cm³/mol. The van der Waals surface area contributed by atoms with E-state index in [0.717, 1.165) is 11.1 Å². The predicted octanol–water partition coefficient (Wildman–Crippen LogP) is 3.38. The van der Waals surface area contributed by atoms with Crippen LogP contribution in [0.25, 0.3) is 0 Å². The molecule has 2 rings (SSSR count). The van der Waals surface area contributed by atoms with Crippen molar-refractivity contribution in [2.45, 2.75) is 20.0 Å². The zero-order valence-electron chi connectivity index (χ0n) is 13.4. The van der Waals surface area contributed by atoms with E-state index in [1.54, 1.807) is 13.0 Å². The van der Waals surface area contributed by atoms with Crippen LogP contribution in [-0.4, -0.2) is 12.6 Å². The fraction of sp³-hybridized carbons (Fsp3) is 0.211. The number of nitrogens with two attached hydrogens (primary N) is 1. The third kappa shape index (κ3) is 5.33. The molecule has 4 nitrogen and oxygen atoms in total. The number of hydrogen-bond acceptors (Lipinski definition) is 3. The van der Waals surface area contributed by atoms with Gasteiger partial charge in [0.25, 0.3) is 0 Å². The van der Waals surface area contributed by atoms with E-state index in [-0.39, 0.29) is 6.61 Å². The third-order valence-corrected chi connectivity index (χ3v) is 3.31. The maximum Gasteiger partial charge on any atom is 0.407 e. The number of nitrogen functional groups attached to an aromatic ring is 1. The lowest BCUT2D eigenvalue weighted by molar-refractivity contribution is 0.140. The average Bonchev–Trinajstić information content (AvgIpc) is 2.58. The van der Waals surface area contributed by atoms with Crippen molar-refractivity contribution in [1.82, 2.24) is 5.32 Å². The summed E-state index contributed by atoms with van der Waals surface area (Å²) in [6.45, 7) is 2.34. The number of benzene rings is 2. The maximum atomic E-state index is 13.7. The smallest absolute Gasteiger partial charge is 0.407 e. The molecule has 3 N–H and O–H groups in total. The molecule has 124 valence electrons. The van der Waals surface area contributed by atoms with Crippen LogP contribution in [0, 0.1) is 24.6 Å². The standard InChI is InChI=1S/C19H19FN2O2/c1-14-11-16(17(20)12-18(14)21)9-5-6-10-22-19(23)24-13-15-7-3-2-4-8-15/h2-4,7-8,11-12H,6,10,13,21H2,1H3,(H,22,23). The van der Waals surface area contributed by atoms with E-state index < -0.39 is 11.9 Å². The first-order chi connectivity index (χ1) is 11.6. The number of aryl methyl sites for hydroxylation is 1. The summed E-state index contributed by atoms with van der Waals surface area (Å²) in [5.74, 6) is 5.11. The van der Waals surface area contributed by atoms with Crippen molar-refractivity contribution in [2.75, 3.05) is 12.3 Å². The summed E-state index contributed by atoms with van der Waals surface area (Å²) < 4.78 is 18.7. The van der Waals surface area contributed by atoms with Crippen LogP contribution in [0.15, 0.2) is 42.5 Å². The van der Waals surface area contributed by atoms with E-state index in [9.17, 15) is 9.18 Å². The highest BCUT2D eigenvalue weighted by molar-refractivity contribution is 5.67. The van der Waals surface area contributed by atoms with Crippen LogP contribution in [0.3, 0.4) is 0 Å². The molecule has 0 aliphatic heterocycles. The summed E-state index contributed by atoms with van der Waals surface area (Å²) in [6, 6.07) is 12.3. The molecule has 2 aromatic rings. The van der Waals surface area contributed by atoms with Crippen LogP contribution in [0.5, 0.6) is 0 Å². The van der Waals surface area contributed by atoms with Gasteiger partial charge in [-0.25, -0.2) is 9.18 Å². The molecule has 1 amide bonds. The Balaban J connectivity index is 1.73. The Labute approximate surface area is 140 Å². The van der Waals surface area contributed by atoms with Crippen molar-refractivity contribution >= 4 is 11.8 Å². The first-order valence-electron chi connectivity index (χ1n) is 7.55. The van der Waals surface area contributed by atoms with Crippen LogP contribution < -0.4 is 11.1 Å². The van der Waals surface area contributed by atoms with Crippen LogP contribution in [0.2, 0.25) is 0 Å². The van der Waals surface area contributed by atoms with E-state index in [2.05, 4.69) is 17.2 Å². The van der Waals surface area contributed by atoms with Crippen LogP contribution in [0.1, 0.15) is 23.1 Å². The SMILES string of the molecule is Cc1cc(C#CCCNC(=O)OCc2ccccc2)c(F)cc1N. The van der Waals surface area contributed by atoms with Gasteiger partial charge >= 0.3 is 6.09 Å². The third-order valence-electron chi connectivity index (χ3n) is 3.31. The fourth-order valence-corrected chi connectivity index (χ4v) is 1.95. The minimum absolute atomic E-state index is 0.217. The van der Waals surface area contributed by atoms with Crippen molar-refractivity contribution in [1.29, 1.82) is 0 Å². The lowest BCUT2D eigenvalue weighted by atomic mass is 10.1. The summed E-state index contributed by atoms with van der Waals surface area (Å²) in [5.41, 5.74) is 8.02. The number of rotatable bonds is 4. The Morgan fingerprint density at radius 1 is 1.29 bits per heavy atom. The Kier molecular flexibility index (Phi) is 6.21. The second-order valence-electron chi connectivity index (χ2n) is 5.23. The number of amides is 1. The molecule has 0 fully saturated rings. The van der Waals surface area contributed by atoms with Crippen molar-refractivity contribution in [3.8, 4) is 11.8 Å². The first kappa shape index (κ1) is 17.4. The van der Waals surface area contributed by atoms with Gasteiger partial charge in [-0.05, 0) is 30.2 Å². The normalized spacial score (nSPS) is 9.75. The second-order valence-corrected chi connectivity index (χ2v) is 5.23. The molecule has 0 radical (unpaired) electrons. The minimum Gasteiger partial charge on any atom is -0.445 e. The Bertz CT molecular complexity index is 764. The average molecular weight is 326 g/mol. The van der Waals surface area contributed by atoms with E-state index >= 15 is 0 Å². The van der Waals surface area contributed by atoms with Crippen molar-refractivity contribution in [2.24, 2.45) is 0 Å². The zero-order valence-corrected chi connectivity index (χ0v) is 13.4. The highest BCUT2D eigenvalue weighted by atomic mass is 19.1. The van der Waals surface area contributed by atoms with Gasteiger partial charge in [-0.3, -0.25) is 0 Å². The molecule has 24 heavy (non-hydrogen) atoms. The van der Waals surface area contributed by atoms with Gasteiger partial charge in [-0.1, -0.05) is 42.2 Å². The Morgan fingerprint density at radius 3 is 2.79 bits per heavy atom. The minimum atomic E-state index is -0.504. The van der Waals surface area contributed by atoms with Crippen molar-refractivity contribution in [3.05, 3.63) is 65.0 Å². The number of nitrogens with one attached hydrogen (secondary N) is 1. The first-order valence-corrected chi connectivity index (χ1v) is 7.55. The van der Waals surface area contributed by atoms with E-state index in [1.165, 1.54) is 6.07 Å². The summed E-state index contributed by atoms with van der Waals surface area (Å²) in [6.07, 6.45) is -0.112. The van der Waals surface area contributed by atoms with Crippen LogP contribution >= 0.6 is 0 Å². The molecule has 0 unspecified atom stereocenters. The molecule has 0 aliphatic rings. The molecule has 2 aromatic carbocycles. The number of anilines is 1. The molecule has 0 spiro atoms. The zero-order chi connectivity index (χ0) is 17.4. The molecule has 5 heteroatoms. The van der Waals surface area contributed by atoms with Gasteiger partial charge < -0.3 is 15.8 Å². The molecule has 0 saturated carbocycles. The molecule has 0 heterocycles. The summed E-state index contributed by atoms with van der Waals surface area (Å²) in [4.78, 5) is 11.5. The van der Waals surface area contributed by atoms with Gasteiger partial charge in [0.1, 0.15) is 12.4 Å². The molecule has 0 aliphatic carbocycles. The summed E-state index contributed by atoms with van der Waals surface area (Å²) >= 11 is 0.